The number of pyridine rings is 1. The van der Waals surface area contributed by atoms with Crippen molar-refractivity contribution < 1.29 is 14.6 Å². The van der Waals surface area contributed by atoms with Gasteiger partial charge < -0.3 is 9.84 Å². The first-order chi connectivity index (χ1) is 10.1. The SMILES string of the molecule is CC1CCC(Oc2nc3ccccn3c2C(=O)O)CC1C. The third-order valence-electron chi connectivity index (χ3n) is 4.53. The predicted octanol–water partition coefficient (Wildman–Crippen LogP) is 3.24. The first-order valence-electron chi connectivity index (χ1n) is 7.43. The van der Waals surface area contributed by atoms with Crippen LogP contribution in [-0.2, 0) is 0 Å². The van der Waals surface area contributed by atoms with E-state index in [1.807, 2.05) is 6.07 Å². The van der Waals surface area contributed by atoms with Crippen LogP contribution in [0.5, 0.6) is 5.88 Å². The maximum atomic E-state index is 11.5. The molecule has 1 aliphatic carbocycles. The molecule has 3 unspecified atom stereocenters. The Hall–Kier alpha value is -2.04. The third kappa shape index (κ3) is 2.60. The molecule has 5 nitrogen and oxygen atoms in total. The van der Waals surface area contributed by atoms with Crippen molar-refractivity contribution in [3.8, 4) is 5.88 Å². The van der Waals surface area contributed by atoms with Crippen LogP contribution in [0.15, 0.2) is 24.4 Å². The van der Waals surface area contributed by atoms with Crippen molar-refractivity contribution in [3.05, 3.63) is 30.1 Å². The Balaban J connectivity index is 1.90. The largest absolute Gasteiger partial charge is 0.476 e. The molecule has 0 radical (unpaired) electrons. The van der Waals surface area contributed by atoms with Gasteiger partial charge in [-0.3, -0.25) is 4.40 Å². The molecule has 1 aliphatic rings. The number of carboxylic acid groups (broad SMARTS) is 1. The average Bonchev–Trinajstić information content (AvgIpc) is 2.80. The molecular weight excluding hydrogens is 268 g/mol. The lowest BCUT2D eigenvalue weighted by Crippen LogP contribution is -2.29. The summed E-state index contributed by atoms with van der Waals surface area (Å²) in [4.78, 5) is 15.8. The molecule has 0 spiro atoms. The summed E-state index contributed by atoms with van der Waals surface area (Å²) in [5.74, 6) is 0.514. The van der Waals surface area contributed by atoms with Crippen molar-refractivity contribution in [2.75, 3.05) is 0 Å². The van der Waals surface area contributed by atoms with Gasteiger partial charge in [-0.2, -0.15) is 4.98 Å². The van der Waals surface area contributed by atoms with Crippen molar-refractivity contribution >= 4 is 11.6 Å². The van der Waals surface area contributed by atoms with E-state index >= 15 is 0 Å². The van der Waals surface area contributed by atoms with Crippen LogP contribution in [0, 0.1) is 11.8 Å². The normalized spacial score (nSPS) is 25.9. The van der Waals surface area contributed by atoms with E-state index < -0.39 is 5.97 Å². The highest BCUT2D eigenvalue weighted by Gasteiger charge is 2.28. The second-order valence-corrected chi connectivity index (χ2v) is 6.01. The van der Waals surface area contributed by atoms with Crippen LogP contribution in [0.25, 0.3) is 5.65 Å². The molecule has 2 aromatic heterocycles. The minimum Gasteiger partial charge on any atom is -0.476 e. The summed E-state index contributed by atoms with van der Waals surface area (Å²) in [6.07, 6.45) is 4.78. The smallest absolute Gasteiger partial charge is 0.358 e. The van der Waals surface area contributed by atoms with Crippen LogP contribution in [0.3, 0.4) is 0 Å². The Morgan fingerprint density at radius 3 is 2.86 bits per heavy atom. The number of hydrogen-bond donors (Lipinski definition) is 1. The number of carboxylic acids is 1. The lowest BCUT2D eigenvalue weighted by Gasteiger charge is -2.31. The first-order valence-corrected chi connectivity index (χ1v) is 7.43. The topological polar surface area (TPSA) is 63.8 Å². The van der Waals surface area contributed by atoms with E-state index in [0.717, 1.165) is 19.3 Å². The van der Waals surface area contributed by atoms with E-state index in [-0.39, 0.29) is 17.7 Å². The second kappa shape index (κ2) is 5.39. The number of imidazole rings is 1. The third-order valence-corrected chi connectivity index (χ3v) is 4.53. The van der Waals surface area contributed by atoms with E-state index in [1.165, 1.54) is 0 Å². The highest BCUT2D eigenvalue weighted by molar-refractivity contribution is 5.89. The summed E-state index contributed by atoms with van der Waals surface area (Å²) in [5, 5.41) is 9.44. The zero-order valence-electron chi connectivity index (χ0n) is 12.3. The Labute approximate surface area is 123 Å². The maximum Gasteiger partial charge on any atom is 0.358 e. The summed E-state index contributed by atoms with van der Waals surface area (Å²) in [7, 11) is 0. The molecule has 0 amide bonds. The van der Waals surface area contributed by atoms with Crippen molar-refractivity contribution in [2.24, 2.45) is 11.8 Å². The molecule has 0 bridgehead atoms. The Morgan fingerprint density at radius 1 is 1.33 bits per heavy atom. The van der Waals surface area contributed by atoms with Gasteiger partial charge in [0.1, 0.15) is 11.8 Å². The molecule has 0 aromatic carbocycles. The van der Waals surface area contributed by atoms with Crippen molar-refractivity contribution in [3.63, 3.8) is 0 Å². The van der Waals surface area contributed by atoms with E-state index in [4.69, 9.17) is 4.74 Å². The Bertz CT molecular complexity index is 665. The second-order valence-electron chi connectivity index (χ2n) is 6.01. The van der Waals surface area contributed by atoms with Gasteiger partial charge >= 0.3 is 5.97 Å². The molecule has 1 saturated carbocycles. The standard InChI is InChI=1S/C16H20N2O3/c1-10-6-7-12(9-11(10)2)21-15-14(16(19)20)18-8-4-3-5-13(18)17-15/h3-5,8,10-12H,6-7,9H2,1-2H3,(H,19,20). The van der Waals surface area contributed by atoms with Crippen LogP contribution in [-0.4, -0.2) is 26.6 Å². The van der Waals surface area contributed by atoms with Gasteiger partial charge in [-0.1, -0.05) is 19.9 Å². The van der Waals surface area contributed by atoms with Gasteiger partial charge in [0.05, 0.1) is 0 Å². The van der Waals surface area contributed by atoms with Crippen LogP contribution in [0.4, 0.5) is 0 Å². The number of aromatic carboxylic acids is 1. The fraction of sp³-hybridized carbons (Fsp3) is 0.500. The van der Waals surface area contributed by atoms with Gasteiger partial charge in [-0.15, -0.1) is 0 Å². The predicted molar refractivity (Wildman–Crippen MR) is 78.7 cm³/mol. The highest BCUT2D eigenvalue weighted by Crippen LogP contribution is 2.32. The number of aromatic nitrogens is 2. The average molecular weight is 288 g/mol. The quantitative estimate of drug-likeness (QED) is 0.941. The van der Waals surface area contributed by atoms with Crippen molar-refractivity contribution in [1.82, 2.24) is 9.38 Å². The molecule has 2 aromatic rings. The van der Waals surface area contributed by atoms with Crippen molar-refractivity contribution in [2.45, 2.75) is 39.2 Å². The highest BCUT2D eigenvalue weighted by atomic mass is 16.5. The van der Waals surface area contributed by atoms with E-state index in [0.29, 0.717) is 17.5 Å². The molecule has 2 heterocycles. The summed E-state index contributed by atoms with van der Waals surface area (Å²) in [6, 6.07) is 5.40. The zero-order valence-corrected chi connectivity index (χ0v) is 12.3. The number of ether oxygens (including phenoxy) is 1. The number of carbonyl (C=O) groups is 1. The lowest BCUT2D eigenvalue weighted by atomic mass is 9.80. The van der Waals surface area contributed by atoms with Gasteiger partial charge in [0, 0.05) is 6.20 Å². The molecule has 1 fully saturated rings. The molecule has 112 valence electrons. The van der Waals surface area contributed by atoms with Crippen molar-refractivity contribution in [1.29, 1.82) is 0 Å². The minimum atomic E-state index is -1.01. The van der Waals surface area contributed by atoms with Crippen LogP contribution in [0.1, 0.15) is 43.6 Å². The Kier molecular flexibility index (Phi) is 3.57. The fourth-order valence-corrected chi connectivity index (χ4v) is 3.01. The molecule has 0 aliphatic heterocycles. The van der Waals surface area contributed by atoms with Crippen LogP contribution >= 0.6 is 0 Å². The van der Waals surface area contributed by atoms with E-state index in [1.54, 1.807) is 22.7 Å². The van der Waals surface area contributed by atoms with Gasteiger partial charge in [0.2, 0.25) is 5.88 Å². The van der Waals surface area contributed by atoms with Gasteiger partial charge in [0.25, 0.3) is 0 Å². The molecule has 3 atom stereocenters. The summed E-state index contributed by atoms with van der Waals surface area (Å²) in [6.45, 7) is 4.48. The number of hydrogen-bond acceptors (Lipinski definition) is 3. The molecule has 0 saturated heterocycles. The molecular formula is C16H20N2O3. The molecule has 3 rings (SSSR count). The van der Waals surface area contributed by atoms with E-state index in [9.17, 15) is 9.90 Å². The monoisotopic (exact) mass is 288 g/mol. The van der Waals surface area contributed by atoms with Crippen LogP contribution in [0.2, 0.25) is 0 Å². The summed E-state index contributed by atoms with van der Waals surface area (Å²) >= 11 is 0. The minimum absolute atomic E-state index is 0.0548. The fourth-order valence-electron chi connectivity index (χ4n) is 3.01. The van der Waals surface area contributed by atoms with Gasteiger partial charge in [-0.25, -0.2) is 4.79 Å². The number of nitrogens with zero attached hydrogens (tertiary/aromatic N) is 2. The number of fused-ring (bicyclic) bond motifs is 1. The zero-order chi connectivity index (χ0) is 15.0. The Morgan fingerprint density at radius 2 is 2.14 bits per heavy atom. The summed E-state index contributed by atoms with van der Waals surface area (Å²) in [5.41, 5.74) is 0.707. The van der Waals surface area contributed by atoms with Gasteiger partial charge in [-0.05, 0) is 43.2 Å². The molecule has 1 N–H and O–H groups in total. The molecule has 21 heavy (non-hydrogen) atoms. The van der Waals surface area contributed by atoms with Gasteiger partial charge in [0.15, 0.2) is 5.69 Å². The molecule has 5 heteroatoms. The summed E-state index contributed by atoms with van der Waals surface area (Å²) < 4.78 is 7.50. The maximum absolute atomic E-state index is 11.5. The van der Waals surface area contributed by atoms with E-state index in [2.05, 4.69) is 18.8 Å². The first kappa shape index (κ1) is 13.9. The number of rotatable bonds is 3. The van der Waals surface area contributed by atoms with Crippen LogP contribution < -0.4 is 4.74 Å². The lowest BCUT2D eigenvalue weighted by molar-refractivity contribution is 0.0664.